The zero-order chi connectivity index (χ0) is 14.4. The number of aromatic nitrogens is 2. The zero-order valence-electron chi connectivity index (χ0n) is 11.6. The Morgan fingerprint density at radius 2 is 2.05 bits per heavy atom. The van der Waals surface area contributed by atoms with Crippen LogP contribution < -0.4 is 4.74 Å². The standard InChI is InChI=1S/C15H17F2N3O/c16-15(17)21-12-2-1-11-8-18-20(13(11)7-12)14-9-19-5-3-10(14)4-6-19/h1-2,7-8,10,14-15H,3-6,9H2/t14-/m0/s1. The Morgan fingerprint density at radius 1 is 1.24 bits per heavy atom. The maximum Gasteiger partial charge on any atom is 0.387 e. The number of ether oxygens (including phenoxy) is 1. The first-order valence-electron chi connectivity index (χ1n) is 7.35. The van der Waals surface area contributed by atoms with Gasteiger partial charge in [0.05, 0.1) is 17.8 Å². The molecular weight excluding hydrogens is 276 g/mol. The molecule has 3 saturated heterocycles. The van der Waals surface area contributed by atoms with Gasteiger partial charge < -0.3 is 9.64 Å². The van der Waals surface area contributed by atoms with Crippen molar-refractivity contribution >= 4 is 10.9 Å². The first kappa shape index (κ1) is 13.0. The number of benzene rings is 1. The van der Waals surface area contributed by atoms with Crippen LogP contribution >= 0.6 is 0 Å². The van der Waals surface area contributed by atoms with Crippen molar-refractivity contribution in [3.8, 4) is 5.75 Å². The van der Waals surface area contributed by atoms with Crippen molar-refractivity contribution in [2.24, 2.45) is 5.92 Å². The van der Waals surface area contributed by atoms with Gasteiger partial charge >= 0.3 is 6.61 Å². The molecule has 5 rings (SSSR count). The van der Waals surface area contributed by atoms with E-state index in [0.717, 1.165) is 17.4 Å². The lowest BCUT2D eigenvalue weighted by Crippen LogP contribution is -2.48. The molecule has 1 aromatic heterocycles. The van der Waals surface area contributed by atoms with Crippen LogP contribution in [-0.4, -0.2) is 40.9 Å². The number of fused-ring (bicyclic) bond motifs is 4. The highest BCUT2D eigenvalue weighted by molar-refractivity contribution is 5.80. The number of alkyl halides is 2. The van der Waals surface area contributed by atoms with Gasteiger partial charge in [-0.05, 0) is 44.0 Å². The minimum absolute atomic E-state index is 0.195. The summed E-state index contributed by atoms with van der Waals surface area (Å²) >= 11 is 0. The summed E-state index contributed by atoms with van der Waals surface area (Å²) in [5, 5.41) is 5.47. The maximum atomic E-state index is 12.4. The molecule has 4 heterocycles. The lowest BCUT2D eigenvalue weighted by molar-refractivity contribution is -0.0497. The number of nitrogens with zero attached hydrogens (tertiary/aromatic N) is 3. The van der Waals surface area contributed by atoms with Crippen LogP contribution in [0.5, 0.6) is 5.75 Å². The Kier molecular flexibility index (Phi) is 3.06. The molecule has 2 aromatic rings. The van der Waals surface area contributed by atoms with E-state index in [4.69, 9.17) is 0 Å². The fourth-order valence-electron chi connectivity index (χ4n) is 3.67. The van der Waals surface area contributed by atoms with Crippen LogP contribution in [0.2, 0.25) is 0 Å². The van der Waals surface area contributed by atoms with Crippen molar-refractivity contribution in [3.05, 3.63) is 24.4 Å². The van der Waals surface area contributed by atoms with Crippen molar-refractivity contribution in [2.75, 3.05) is 19.6 Å². The summed E-state index contributed by atoms with van der Waals surface area (Å²) in [4.78, 5) is 2.46. The van der Waals surface area contributed by atoms with Gasteiger partial charge in [0, 0.05) is 18.0 Å². The quantitative estimate of drug-likeness (QED) is 0.871. The molecule has 3 fully saturated rings. The molecule has 2 bridgehead atoms. The normalized spacial score (nSPS) is 28.4. The number of hydrogen-bond acceptors (Lipinski definition) is 3. The van der Waals surface area contributed by atoms with Crippen molar-refractivity contribution in [1.82, 2.24) is 14.7 Å². The maximum absolute atomic E-state index is 12.4. The third kappa shape index (κ3) is 2.27. The second kappa shape index (κ2) is 4.94. The average Bonchev–Trinajstić information content (AvgIpc) is 2.91. The predicted molar refractivity (Wildman–Crippen MR) is 74.6 cm³/mol. The van der Waals surface area contributed by atoms with Gasteiger partial charge in [0.1, 0.15) is 5.75 Å². The number of halogens is 2. The lowest BCUT2D eigenvalue weighted by Gasteiger charge is -2.44. The highest BCUT2D eigenvalue weighted by Crippen LogP contribution is 2.37. The van der Waals surface area contributed by atoms with Crippen LogP contribution in [0.4, 0.5) is 8.78 Å². The molecule has 3 aliphatic heterocycles. The summed E-state index contributed by atoms with van der Waals surface area (Å²) in [6, 6.07) is 5.37. The SMILES string of the molecule is FC(F)Oc1ccc2cnn([C@H]3CN4CCC3CC4)c2c1. The molecule has 4 nitrogen and oxygen atoms in total. The second-order valence-corrected chi connectivity index (χ2v) is 5.89. The number of piperidine rings is 3. The number of hydrogen-bond donors (Lipinski definition) is 0. The van der Waals surface area contributed by atoms with Crippen LogP contribution in [0.25, 0.3) is 10.9 Å². The van der Waals surface area contributed by atoms with E-state index in [1.807, 2.05) is 4.68 Å². The molecule has 6 heteroatoms. The Balaban J connectivity index is 1.71. The lowest BCUT2D eigenvalue weighted by atomic mass is 9.84. The van der Waals surface area contributed by atoms with Gasteiger partial charge in [0.15, 0.2) is 0 Å². The van der Waals surface area contributed by atoms with Gasteiger partial charge in [0.2, 0.25) is 0 Å². The van der Waals surface area contributed by atoms with Crippen molar-refractivity contribution in [2.45, 2.75) is 25.5 Å². The van der Waals surface area contributed by atoms with Gasteiger partial charge in [-0.2, -0.15) is 13.9 Å². The van der Waals surface area contributed by atoms with Crippen LogP contribution in [-0.2, 0) is 0 Å². The zero-order valence-corrected chi connectivity index (χ0v) is 11.6. The summed E-state index contributed by atoms with van der Waals surface area (Å²) in [7, 11) is 0. The van der Waals surface area contributed by atoms with E-state index < -0.39 is 6.61 Å². The molecular formula is C15H17F2N3O. The molecule has 3 aliphatic rings. The van der Waals surface area contributed by atoms with Gasteiger partial charge in [0.25, 0.3) is 0 Å². The molecule has 112 valence electrons. The Morgan fingerprint density at radius 3 is 2.71 bits per heavy atom. The van der Waals surface area contributed by atoms with Crippen LogP contribution in [0.15, 0.2) is 24.4 Å². The van der Waals surface area contributed by atoms with E-state index in [1.165, 1.54) is 25.9 Å². The third-order valence-electron chi connectivity index (χ3n) is 4.73. The van der Waals surface area contributed by atoms with E-state index in [-0.39, 0.29) is 5.75 Å². The molecule has 0 spiro atoms. The van der Waals surface area contributed by atoms with Crippen molar-refractivity contribution in [1.29, 1.82) is 0 Å². The second-order valence-electron chi connectivity index (χ2n) is 5.89. The highest BCUT2D eigenvalue weighted by Gasteiger charge is 2.36. The van der Waals surface area contributed by atoms with E-state index in [1.54, 1.807) is 24.4 Å². The van der Waals surface area contributed by atoms with Gasteiger partial charge in [-0.3, -0.25) is 4.68 Å². The van der Waals surface area contributed by atoms with E-state index in [9.17, 15) is 8.78 Å². The Labute approximate surface area is 121 Å². The molecule has 0 saturated carbocycles. The molecule has 1 aromatic carbocycles. The van der Waals surface area contributed by atoms with Gasteiger partial charge in [-0.1, -0.05) is 0 Å². The minimum atomic E-state index is -2.80. The fourth-order valence-corrected chi connectivity index (χ4v) is 3.67. The molecule has 21 heavy (non-hydrogen) atoms. The molecule has 0 N–H and O–H groups in total. The summed E-state index contributed by atoms with van der Waals surface area (Å²) < 4.78 is 31.3. The smallest absolute Gasteiger partial charge is 0.387 e. The molecule has 0 unspecified atom stereocenters. The van der Waals surface area contributed by atoms with E-state index >= 15 is 0 Å². The van der Waals surface area contributed by atoms with Crippen molar-refractivity contribution < 1.29 is 13.5 Å². The monoisotopic (exact) mass is 293 g/mol. The topological polar surface area (TPSA) is 30.3 Å². The molecule has 0 amide bonds. The first-order valence-corrected chi connectivity index (χ1v) is 7.35. The summed E-state index contributed by atoms with van der Waals surface area (Å²) in [5.74, 6) is 0.832. The van der Waals surface area contributed by atoms with Crippen LogP contribution in [0, 0.1) is 5.92 Å². The van der Waals surface area contributed by atoms with Gasteiger partial charge in [-0.25, -0.2) is 0 Å². The number of rotatable bonds is 3. The largest absolute Gasteiger partial charge is 0.435 e. The molecule has 0 radical (unpaired) electrons. The predicted octanol–water partition coefficient (Wildman–Crippen LogP) is 2.90. The average molecular weight is 293 g/mol. The van der Waals surface area contributed by atoms with E-state index in [2.05, 4.69) is 14.7 Å². The van der Waals surface area contributed by atoms with Crippen LogP contribution in [0.1, 0.15) is 18.9 Å². The highest BCUT2D eigenvalue weighted by atomic mass is 19.3. The summed E-state index contributed by atoms with van der Waals surface area (Å²) in [6.07, 6.45) is 4.19. The fraction of sp³-hybridized carbons (Fsp3) is 0.533. The Hall–Kier alpha value is -1.69. The third-order valence-corrected chi connectivity index (χ3v) is 4.73. The van der Waals surface area contributed by atoms with Gasteiger partial charge in [-0.15, -0.1) is 0 Å². The van der Waals surface area contributed by atoms with Crippen LogP contribution in [0.3, 0.4) is 0 Å². The molecule has 0 aliphatic carbocycles. The summed E-state index contributed by atoms with van der Waals surface area (Å²) in [6.45, 7) is 0.539. The first-order chi connectivity index (χ1) is 10.2. The van der Waals surface area contributed by atoms with Crippen molar-refractivity contribution in [3.63, 3.8) is 0 Å². The summed E-state index contributed by atoms with van der Waals surface area (Å²) in [5.41, 5.74) is 0.881. The Bertz CT molecular complexity index is 649. The minimum Gasteiger partial charge on any atom is -0.435 e. The van der Waals surface area contributed by atoms with E-state index in [0.29, 0.717) is 12.0 Å². The molecule has 1 atom stereocenters.